The molecular weight excluding hydrogens is 402 g/mol. The number of ether oxygens (including phenoxy) is 1. The van der Waals surface area contributed by atoms with Crippen LogP contribution in [0, 0.1) is 5.92 Å². The second-order valence-electron chi connectivity index (χ2n) is 8.36. The SMILES string of the molecule is COc1cccc(N2CCN(C(=O)C3CCN(C(=O)/C=C/c4ccccc4)CC3)CC2)c1. The molecule has 2 aromatic rings. The molecule has 2 aromatic carbocycles. The minimum Gasteiger partial charge on any atom is -0.497 e. The second-order valence-corrected chi connectivity index (χ2v) is 8.36. The quantitative estimate of drug-likeness (QED) is 0.679. The molecule has 2 heterocycles. The summed E-state index contributed by atoms with van der Waals surface area (Å²) in [6.07, 6.45) is 4.95. The van der Waals surface area contributed by atoms with Crippen molar-refractivity contribution in [3.8, 4) is 5.75 Å². The van der Waals surface area contributed by atoms with Crippen LogP contribution in [0.3, 0.4) is 0 Å². The van der Waals surface area contributed by atoms with Gasteiger partial charge in [0.25, 0.3) is 0 Å². The number of amides is 2. The van der Waals surface area contributed by atoms with E-state index in [2.05, 4.69) is 11.0 Å². The number of piperidine rings is 1. The summed E-state index contributed by atoms with van der Waals surface area (Å²) < 4.78 is 5.32. The smallest absolute Gasteiger partial charge is 0.246 e. The summed E-state index contributed by atoms with van der Waals surface area (Å²) in [5, 5.41) is 0. The van der Waals surface area contributed by atoms with Crippen molar-refractivity contribution in [3.63, 3.8) is 0 Å². The highest BCUT2D eigenvalue weighted by Gasteiger charge is 2.31. The summed E-state index contributed by atoms with van der Waals surface area (Å²) in [5.74, 6) is 1.12. The van der Waals surface area contributed by atoms with Gasteiger partial charge in [-0.3, -0.25) is 9.59 Å². The molecule has 0 unspecified atom stereocenters. The third kappa shape index (κ3) is 5.31. The number of methoxy groups -OCH3 is 1. The molecule has 0 radical (unpaired) electrons. The van der Waals surface area contributed by atoms with Crippen molar-refractivity contribution in [2.75, 3.05) is 51.3 Å². The molecule has 0 N–H and O–H groups in total. The molecule has 6 heteroatoms. The lowest BCUT2D eigenvalue weighted by Crippen LogP contribution is -2.52. The molecule has 2 aliphatic rings. The van der Waals surface area contributed by atoms with Gasteiger partial charge in [0.15, 0.2) is 0 Å². The minimum absolute atomic E-state index is 0.0144. The normalized spacial score (nSPS) is 17.6. The largest absolute Gasteiger partial charge is 0.497 e. The Morgan fingerprint density at radius 2 is 1.59 bits per heavy atom. The molecule has 0 saturated carbocycles. The van der Waals surface area contributed by atoms with E-state index in [-0.39, 0.29) is 17.7 Å². The van der Waals surface area contributed by atoms with Gasteiger partial charge < -0.3 is 19.4 Å². The highest BCUT2D eigenvalue weighted by Crippen LogP contribution is 2.24. The van der Waals surface area contributed by atoms with Crippen LogP contribution in [0.5, 0.6) is 5.75 Å². The van der Waals surface area contributed by atoms with Gasteiger partial charge in [-0.15, -0.1) is 0 Å². The maximum Gasteiger partial charge on any atom is 0.246 e. The van der Waals surface area contributed by atoms with E-state index >= 15 is 0 Å². The van der Waals surface area contributed by atoms with Crippen molar-refractivity contribution < 1.29 is 14.3 Å². The van der Waals surface area contributed by atoms with Crippen LogP contribution < -0.4 is 9.64 Å². The van der Waals surface area contributed by atoms with E-state index < -0.39 is 0 Å². The molecular formula is C26H31N3O3. The topological polar surface area (TPSA) is 53.1 Å². The molecule has 32 heavy (non-hydrogen) atoms. The van der Waals surface area contributed by atoms with Gasteiger partial charge in [0.2, 0.25) is 11.8 Å². The first-order valence-electron chi connectivity index (χ1n) is 11.3. The van der Waals surface area contributed by atoms with Crippen molar-refractivity contribution in [1.82, 2.24) is 9.80 Å². The lowest BCUT2D eigenvalue weighted by Gasteiger charge is -2.39. The Labute approximate surface area is 190 Å². The molecule has 0 aromatic heterocycles. The highest BCUT2D eigenvalue weighted by molar-refractivity contribution is 5.92. The summed E-state index contributed by atoms with van der Waals surface area (Å²) >= 11 is 0. The maximum absolute atomic E-state index is 13.1. The Hall–Kier alpha value is -3.28. The Morgan fingerprint density at radius 1 is 0.875 bits per heavy atom. The van der Waals surface area contributed by atoms with Crippen LogP contribution in [0.2, 0.25) is 0 Å². The summed E-state index contributed by atoms with van der Waals surface area (Å²) in [6.45, 7) is 4.38. The van der Waals surface area contributed by atoms with Gasteiger partial charge >= 0.3 is 0 Å². The van der Waals surface area contributed by atoms with E-state index in [0.29, 0.717) is 13.1 Å². The fourth-order valence-corrected chi connectivity index (χ4v) is 4.43. The van der Waals surface area contributed by atoms with Gasteiger partial charge in [-0.25, -0.2) is 0 Å². The number of anilines is 1. The number of piperazine rings is 1. The molecule has 0 bridgehead atoms. The first-order valence-corrected chi connectivity index (χ1v) is 11.3. The molecule has 0 spiro atoms. The third-order valence-electron chi connectivity index (χ3n) is 6.38. The summed E-state index contributed by atoms with van der Waals surface area (Å²) in [5.41, 5.74) is 2.14. The van der Waals surface area contributed by atoms with E-state index in [9.17, 15) is 9.59 Å². The number of carbonyl (C=O) groups excluding carboxylic acids is 2. The Kier molecular flexibility index (Phi) is 7.10. The van der Waals surface area contributed by atoms with Crippen molar-refractivity contribution in [2.45, 2.75) is 12.8 Å². The number of hydrogen-bond donors (Lipinski definition) is 0. The van der Waals surface area contributed by atoms with Gasteiger partial charge in [0.1, 0.15) is 5.75 Å². The average molecular weight is 434 g/mol. The molecule has 0 atom stereocenters. The van der Waals surface area contributed by atoms with Crippen LogP contribution in [0.25, 0.3) is 6.08 Å². The zero-order valence-corrected chi connectivity index (χ0v) is 18.7. The number of hydrogen-bond acceptors (Lipinski definition) is 4. The van der Waals surface area contributed by atoms with E-state index in [1.54, 1.807) is 13.2 Å². The van der Waals surface area contributed by atoms with E-state index in [0.717, 1.165) is 56.0 Å². The first kappa shape index (κ1) is 21.9. The van der Waals surface area contributed by atoms with Gasteiger partial charge in [-0.1, -0.05) is 36.4 Å². The van der Waals surface area contributed by atoms with Crippen molar-refractivity contribution >= 4 is 23.6 Å². The van der Waals surface area contributed by atoms with Crippen LogP contribution in [0.15, 0.2) is 60.7 Å². The van der Waals surface area contributed by atoms with Gasteiger partial charge in [-0.05, 0) is 36.6 Å². The van der Waals surface area contributed by atoms with Crippen molar-refractivity contribution in [3.05, 3.63) is 66.2 Å². The van der Waals surface area contributed by atoms with Crippen LogP contribution in [-0.4, -0.2) is 68.0 Å². The predicted octanol–water partition coefficient (Wildman–Crippen LogP) is 3.30. The van der Waals surface area contributed by atoms with Crippen molar-refractivity contribution in [2.24, 2.45) is 5.92 Å². The van der Waals surface area contributed by atoms with Gasteiger partial charge in [-0.2, -0.15) is 0 Å². The fraction of sp³-hybridized carbons (Fsp3) is 0.385. The van der Waals surface area contributed by atoms with Crippen LogP contribution in [-0.2, 0) is 9.59 Å². The van der Waals surface area contributed by atoms with Gasteiger partial charge in [0.05, 0.1) is 7.11 Å². The molecule has 2 aliphatic heterocycles. The maximum atomic E-state index is 13.1. The summed E-state index contributed by atoms with van der Waals surface area (Å²) in [6, 6.07) is 17.9. The molecule has 2 saturated heterocycles. The third-order valence-corrected chi connectivity index (χ3v) is 6.38. The molecule has 168 valence electrons. The first-order chi connectivity index (χ1) is 15.6. The molecule has 6 nitrogen and oxygen atoms in total. The lowest BCUT2D eigenvalue weighted by molar-refractivity contribution is -0.139. The van der Waals surface area contributed by atoms with E-state index in [1.807, 2.05) is 64.4 Å². The van der Waals surface area contributed by atoms with Crippen molar-refractivity contribution in [1.29, 1.82) is 0 Å². The molecule has 2 fully saturated rings. The zero-order valence-electron chi connectivity index (χ0n) is 18.7. The lowest BCUT2D eigenvalue weighted by atomic mass is 9.95. The summed E-state index contributed by atoms with van der Waals surface area (Å²) in [7, 11) is 1.67. The number of nitrogens with zero attached hydrogens (tertiary/aromatic N) is 3. The van der Waals surface area contributed by atoms with Crippen LogP contribution >= 0.6 is 0 Å². The Balaban J connectivity index is 1.24. The van der Waals surface area contributed by atoms with Crippen LogP contribution in [0.4, 0.5) is 5.69 Å². The van der Waals surface area contributed by atoms with E-state index in [4.69, 9.17) is 4.74 Å². The molecule has 0 aliphatic carbocycles. The zero-order chi connectivity index (χ0) is 22.3. The monoisotopic (exact) mass is 433 g/mol. The van der Waals surface area contributed by atoms with E-state index in [1.165, 1.54) is 0 Å². The van der Waals surface area contributed by atoms with Gasteiger partial charge in [0, 0.05) is 63.0 Å². The number of likely N-dealkylation sites (tertiary alicyclic amines) is 1. The molecule has 4 rings (SSSR count). The number of rotatable bonds is 5. The number of carbonyl (C=O) groups is 2. The second kappa shape index (κ2) is 10.4. The Bertz CT molecular complexity index is 944. The van der Waals surface area contributed by atoms with Crippen LogP contribution in [0.1, 0.15) is 18.4 Å². The minimum atomic E-state index is 0.0144. The highest BCUT2D eigenvalue weighted by atomic mass is 16.5. The fourth-order valence-electron chi connectivity index (χ4n) is 4.43. The number of benzene rings is 2. The predicted molar refractivity (Wildman–Crippen MR) is 127 cm³/mol. The molecule has 2 amide bonds. The summed E-state index contributed by atoms with van der Waals surface area (Å²) in [4.78, 5) is 31.7. The standard InChI is InChI=1S/C26H31N3O3/c1-32-24-9-5-8-23(20-24)27-16-18-29(19-17-27)26(31)22-12-14-28(15-13-22)25(30)11-10-21-6-3-2-4-7-21/h2-11,20,22H,12-19H2,1H3/b11-10+. The Morgan fingerprint density at radius 3 is 2.28 bits per heavy atom. The average Bonchev–Trinajstić information content (AvgIpc) is 2.87.